The molecule has 2 aromatic carbocycles. The van der Waals surface area contributed by atoms with E-state index in [0.29, 0.717) is 0 Å². The Morgan fingerprint density at radius 2 is 1.59 bits per heavy atom. The SMILES string of the molecule is CCOC(=O)[C@@H](Cc1cn(C)c2ccccc12)NC(=O)[C@@H](Cc1c[nH]c2ccccc12)NC(=O)OC(C)(C)C. The molecule has 2 atom stereocenters. The third kappa shape index (κ3) is 6.79. The van der Waals surface area contributed by atoms with Gasteiger partial charge >= 0.3 is 12.1 Å². The fourth-order valence-electron chi connectivity index (χ4n) is 4.70. The topological polar surface area (TPSA) is 114 Å². The van der Waals surface area contributed by atoms with Crippen LogP contribution in [-0.2, 0) is 39.0 Å². The zero-order chi connectivity index (χ0) is 28.2. The minimum atomic E-state index is -0.997. The highest BCUT2D eigenvalue weighted by Crippen LogP contribution is 2.23. The quantitative estimate of drug-likeness (QED) is 0.277. The zero-order valence-electron chi connectivity index (χ0n) is 23.0. The van der Waals surface area contributed by atoms with Crippen LogP contribution in [0.3, 0.4) is 0 Å². The van der Waals surface area contributed by atoms with Crippen molar-refractivity contribution in [3.63, 3.8) is 0 Å². The summed E-state index contributed by atoms with van der Waals surface area (Å²) in [6.45, 7) is 7.15. The number of nitrogens with zero attached hydrogens (tertiary/aromatic N) is 1. The molecule has 9 nitrogen and oxygen atoms in total. The number of rotatable bonds is 9. The molecule has 9 heteroatoms. The van der Waals surface area contributed by atoms with E-state index in [-0.39, 0.29) is 19.4 Å². The van der Waals surface area contributed by atoms with E-state index in [0.717, 1.165) is 32.9 Å². The first kappa shape index (κ1) is 27.8. The lowest BCUT2D eigenvalue weighted by molar-refractivity contribution is -0.147. The standard InChI is InChI=1S/C30H36N4O5/c1-6-38-28(36)25(16-20-18-34(5)26-14-10-8-12-22(20)26)32-27(35)24(33-29(37)39-30(2,3)4)15-19-17-31-23-13-9-7-11-21(19)23/h7-14,17-18,24-25,31H,6,15-16H2,1-5H3,(H,32,35)(H,33,37)/t24-,25-/m1/s1. The number of nitrogens with one attached hydrogen (secondary N) is 3. The van der Waals surface area contributed by atoms with Gasteiger partial charge in [-0.15, -0.1) is 0 Å². The van der Waals surface area contributed by atoms with Crippen molar-refractivity contribution in [2.24, 2.45) is 7.05 Å². The largest absolute Gasteiger partial charge is 0.464 e. The normalized spacial score (nSPS) is 13.2. The molecule has 0 saturated carbocycles. The summed E-state index contributed by atoms with van der Waals surface area (Å²) in [4.78, 5) is 42.6. The van der Waals surface area contributed by atoms with Crippen LogP contribution >= 0.6 is 0 Å². The lowest BCUT2D eigenvalue weighted by Gasteiger charge is -2.25. The van der Waals surface area contributed by atoms with Crippen LogP contribution in [0.2, 0.25) is 0 Å². The predicted octanol–water partition coefficient (Wildman–Crippen LogP) is 4.39. The van der Waals surface area contributed by atoms with E-state index in [9.17, 15) is 14.4 Å². The third-order valence-corrected chi connectivity index (χ3v) is 6.40. The molecule has 0 radical (unpaired) electrons. The van der Waals surface area contributed by atoms with E-state index in [4.69, 9.17) is 9.47 Å². The van der Waals surface area contributed by atoms with E-state index in [1.807, 2.05) is 72.5 Å². The number of hydrogen-bond acceptors (Lipinski definition) is 5. The number of hydrogen-bond donors (Lipinski definition) is 3. The predicted molar refractivity (Wildman–Crippen MR) is 150 cm³/mol. The van der Waals surface area contributed by atoms with Gasteiger partial charge in [-0.1, -0.05) is 36.4 Å². The summed E-state index contributed by atoms with van der Waals surface area (Å²) >= 11 is 0. The average molecular weight is 533 g/mol. The number of aryl methyl sites for hydroxylation is 1. The van der Waals surface area contributed by atoms with Crippen molar-refractivity contribution in [2.75, 3.05) is 6.61 Å². The van der Waals surface area contributed by atoms with Crippen LogP contribution in [0.4, 0.5) is 4.79 Å². The monoisotopic (exact) mass is 532 g/mol. The van der Waals surface area contributed by atoms with Gasteiger partial charge in [0.05, 0.1) is 6.61 Å². The first-order chi connectivity index (χ1) is 18.6. The molecule has 0 spiro atoms. The number of carbonyl (C=O) groups is 3. The molecule has 2 amide bonds. The van der Waals surface area contributed by atoms with Crippen molar-refractivity contribution in [3.8, 4) is 0 Å². The number of amides is 2. The Labute approximate surface area is 227 Å². The van der Waals surface area contributed by atoms with E-state index in [1.54, 1.807) is 27.7 Å². The van der Waals surface area contributed by atoms with Crippen LogP contribution in [0.15, 0.2) is 60.9 Å². The molecule has 0 fully saturated rings. The Morgan fingerprint density at radius 1 is 0.923 bits per heavy atom. The van der Waals surface area contributed by atoms with E-state index in [2.05, 4.69) is 15.6 Å². The molecule has 4 rings (SSSR count). The lowest BCUT2D eigenvalue weighted by Crippen LogP contribution is -2.54. The number of para-hydroxylation sites is 2. The number of esters is 1. The maximum atomic E-state index is 13.7. The van der Waals surface area contributed by atoms with Gasteiger partial charge in [0, 0.05) is 54.1 Å². The fraction of sp³-hybridized carbons (Fsp3) is 0.367. The zero-order valence-corrected chi connectivity index (χ0v) is 23.0. The van der Waals surface area contributed by atoms with Gasteiger partial charge in [-0.2, -0.15) is 0 Å². The van der Waals surface area contributed by atoms with Crippen molar-refractivity contribution >= 4 is 39.8 Å². The Balaban J connectivity index is 1.61. The van der Waals surface area contributed by atoms with Crippen molar-refractivity contribution in [2.45, 2.75) is 58.2 Å². The van der Waals surface area contributed by atoms with Crippen LogP contribution in [0, 0.1) is 0 Å². The highest BCUT2D eigenvalue weighted by atomic mass is 16.6. The van der Waals surface area contributed by atoms with Crippen LogP contribution in [0.5, 0.6) is 0 Å². The number of aromatic nitrogens is 2. The summed E-state index contributed by atoms with van der Waals surface area (Å²) in [5.41, 5.74) is 2.95. The highest BCUT2D eigenvalue weighted by molar-refractivity contribution is 5.92. The minimum Gasteiger partial charge on any atom is -0.464 e. The van der Waals surface area contributed by atoms with Gasteiger partial charge < -0.3 is 29.7 Å². The van der Waals surface area contributed by atoms with E-state index < -0.39 is 35.7 Å². The number of benzene rings is 2. The maximum absolute atomic E-state index is 13.7. The van der Waals surface area contributed by atoms with Gasteiger partial charge in [0.25, 0.3) is 0 Å². The summed E-state index contributed by atoms with van der Waals surface area (Å²) in [5, 5.41) is 7.49. The molecule has 0 saturated heterocycles. The van der Waals surface area contributed by atoms with Gasteiger partial charge in [0.15, 0.2) is 0 Å². The van der Waals surface area contributed by atoms with Gasteiger partial charge in [-0.05, 0) is 51.0 Å². The highest BCUT2D eigenvalue weighted by Gasteiger charge is 2.30. The molecular formula is C30H36N4O5. The first-order valence-electron chi connectivity index (χ1n) is 13.1. The third-order valence-electron chi connectivity index (χ3n) is 6.40. The fourth-order valence-corrected chi connectivity index (χ4v) is 4.70. The van der Waals surface area contributed by atoms with Gasteiger partial charge in [0.1, 0.15) is 17.7 Å². The Hall–Kier alpha value is -4.27. The second-order valence-corrected chi connectivity index (χ2v) is 10.6. The van der Waals surface area contributed by atoms with Crippen molar-refractivity contribution in [1.82, 2.24) is 20.2 Å². The minimum absolute atomic E-state index is 0.176. The van der Waals surface area contributed by atoms with Crippen molar-refractivity contribution in [3.05, 3.63) is 72.1 Å². The maximum Gasteiger partial charge on any atom is 0.408 e. The molecule has 4 aromatic rings. The number of aromatic amines is 1. The smallest absolute Gasteiger partial charge is 0.408 e. The molecule has 3 N–H and O–H groups in total. The molecule has 39 heavy (non-hydrogen) atoms. The van der Waals surface area contributed by atoms with Gasteiger partial charge in [0.2, 0.25) is 5.91 Å². The molecule has 0 bridgehead atoms. The molecule has 2 aromatic heterocycles. The molecule has 0 unspecified atom stereocenters. The summed E-state index contributed by atoms with van der Waals surface area (Å²) in [6.07, 6.45) is 3.48. The molecule has 2 heterocycles. The summed E-state index contributed by atoms with van der Waals surface area (Å²) in [6, 6.07) is 13.6. The molecular weight excluding hydrogens is 496 g/mol. The van der Waals surface area contributed by atoms with Crippen LogP contribution in [-0.4, -0.2) is 51.8 Å². The number of fused-ring (bicyclic) bond motifs is 2. The Bertz CT molecular complexity index is 1480. The van der Waals surface area contributed by atoms with Crippen LogP contribution in [0.25, 0.3) is 21.8 Å². The van der Waals surface area contributed by atoms with Crippen molar-refractivity contribution in [1.29, 1.82) is 0 Å². The van der Waals surface area contributed by atoms with Crippen LogP contribution in [0.1, 0.15) is 38.8 Å². The average Bonchev–Trinajstić information content (AvgIpc) is 3.43. The molecule has 0 aliphatic rings. The number of carbonyl (C=O) groups excluding carboxylic acids is 3. The number of ether oxygens (including phenoxy) is 2. The van der Waals surface area contributed by atoms with Crippen LogP contribution < -0.4 is 10.6 Å². The number of alkyl carbamates (subject to hydrolysis) is 1. The number of H-pyrrole nitrogens is 1. The Kier molecular flexibility index (Phi) is 8.28. The summed E-state index contributed by atoms with van der Waals surface area (Å²) in [5.74, 6) is -1.05. The second-order valence-electron chi connectivity index (χ2n) is 10.6. The van der Waals surface area contributed by atoms with E-state index in [1.165, 1.54) is 0 Å². The van der Waals surface area contributed by atoms with Gasteiger partial charge in [-0.25, -0.2) is 9.59 Å². The lowest BCUT2D eigenvalue weighted by atomic mass is 10.0. The molecule has 0 aliphatic heterocycles. The summed E-state index contributed by atoms with van der Waals surface area (Å²) < 4.78 is 12.7. The van der Waals surface area contributed by atoms with Crippen molar-refractivity contribution < 1.29 is 23.9 Å². The first-order valence-corrected chi connectivity index (χ1v) is 13.1. The van der Waals surface area contributed by atoms with E-state index >= 15 is 0 Å². The molecule has 0 aliphatic carbocycles. The second kappa shape index (κ2) is 11.6. The van der Waals surface area contributed by atoms with Gasteiger partial charge in [-0.3, -0.25) is 4.79 Å². The summed E-state index contributed by atoms with van der Waals surface area (Å²) in [7, 11) is 1.94. The molecule has 206 valence electrons. The Morgan fingerprint density at radius 3 is 2.31 bits per heavy atom.